The van der Waals surface area contributed by atoms with Crippen LogP contribution in [0.25, 0.3) is 0 Å². The number of likely N-dealkylation sites (tertiary alicyclic amines) is 1. The van der Waals surface area contributed by atoms with Gasteiger partial charge in [-0.1, -0.05) is 44.2 Å². The second-order valence-electron chi connectivity index (χ2n) is 5.08. The van der Waals surface area contributed by atoms with Crippen molar-refractivity contribution in [2.24, 2.45) is 5.92 Å². The lowest BCUT2D eigenvalue weighted by Crippen LogP contribution is -2.36. The van der Waals surface area contributed by atoms with Gasteiger partial charge in [0, 0.05) is 19.0 Å². The number of hydrogen-bond donors (Lipinski definition) is 0. The Kier molecular flexibility index (Phi) is 3.82. The minimum atomic E-state index is 0.301. The SMILES string of the molecule is CCC(=O)N1C[C@@H](C)C[C@H]1Cc1ccccc1. The molecule has 1 saturated heterocycles. The summed E-state index contributed by atoms with van der Waals surface area (Å²) in [5, 5.41) is 0. The first-order valence-electron chi connectivity index (χ1n) is 6.54. The van der Waals surface area contributed by atoms with Crippen LogP contribution in [0.2, 0.25) is 0 Å². The van der Waals surface area contributed by atoms with Crippen LogP contribution in [0.1, 0.15) is 32.3 Å². The second-order valence-corrected chi connectivity index (χ2v) is 5.08. The van der Waals surface area contributed by atoms with E-state index < -0.39 is 0 Å². The summed E-state index contributed by atoms with van der Waals surface area (Å²) in [6, 6.07) is 10.9. The normalized spacial score (nSPS) is 24.0. The predicted octanol–water partition coefficient (Wildman–Crippen LogP) is 2.88. The van der Waals surface area contributed by atoms with Gasteiger partial charge in [-0.15, -0.1) is 0 Å². The average molecular weight is 231 g/mol. The van der Waals surface area contributed by atoms with Crippen LogP contribution in [-0.2, 0) is 11.2 Å². The van der Waals surface area contributed by atoms with E-state index >= 15 is 0 Å². The van der Waals surface area contributed by atoms with Gasteiger partial charge in [-0.2, -0.15) is 0 Å². The molecule has 1 aromatic carbocycles. The average Bonchev–Trinajstić information content (AvgIpc) is 2.70. The van der Waals surface area contributed by atoms with Crippen LogP contribution >= 0.6 is 0 Å². The lowest BCUT2D eigenvalue weighted by Gasteiger charge is -2.24. The first-order valence-corrected chi connectivity index (χ1v) is 6.54. The van der Waals surface area contributed by atoms with Gasteiger partial charge < -0.3 is 4.90 Å². The van der Waals surface area contributed by atoms with E-state index in [9.17, 15) is 4.79 Å². The van der Waals surface area contributed by atoms with E-state index in [1.54, 1.807) is 0 Å². The third-order valence-electron chi connectivity index (χ3n) is 3.56. The van der Waals surface area contributed by atoms with Crippen molar-refractivity contribution in [3.05, 3.63) is 35.9 Å². The molecule has 0 aliphatic carbocycles. The molecule has 1 heterocycles. The maximum Gasteiger partial charge on any atom is 0.222 e. The summed E-state index contributed by atoms with van der Waals surface area (Å²) in [6.45, 7) is 5.12. The third kappa shape index (κ3) is 2.87. The fraction of sp³-hybridized carbons (Fsp3) is 0.533. The summed E-state index contributed by atoms with van der Waals surface area (Å²) in [7, 11) is 0. The monoisotopic (exact) mass is 231 g/mol. The largest absolute Gasteiger partial charge is 0.339 e. The Morgan fingerprint density at radius 2 is 2.06 bits per heavy atom. The summed E-state index contributed by atoms with van der Waals surface area (Å²) in [5.41, 5.74) is 1.33. The van der Waals surface area contributed by atoms with Crippen molar-refractivity contribution in [2.45, 2.75) is 39.2 Å². The van der Waals surface area contributed by atoms with E-state index in [2.05, 4.69) is 36.1 Å². The molecule has 1 amide bonds. The Morgan fingerprint density at radius 1 is 1.35 bits per heavy atom. The van der Waals surface area contributed by atoms with Crippen LogP contribution < -0.4 is 0 Å². The van der Waals surface area contributed by atoms with Gasteiger partial charge in [-0.25, -0.2) is 0 Å². The fourth-order valence-corrected chi connectivity index (χ4v) is 2.74. The van der Waals surface area contributed by atoms with E-state index in [0.717, 1.165) is 19.4 Å². The number of amides is 1. The van der Waals surface area contributed by atoms with Crippen molar-refractivity contribution in [3.8, 4) is 0 Å². The number of nitrogens with zero attached hydrogens (tertiary/aromatic N) is 1. The highest BCUT2D eigenvalue weighted by Gasteiger charge is 2.31. The quantitative estimate of drug-likeness (QED) is 0.783. The molecule has 0 N–H and O–H groups in total. The molecule has 0 saturated carbocycles. The van der Waals surface area contributed by atoms with Gasteiger partial charge in [0.05, 0.1) is 0 Å². The molecule has 2 nitrogen and oxygen atoms in total. The number of benzene rings is 1. The molecule has 1 fully saturated rings. The second kappa shape index (κ2) is 5.35. The van der Waals surface area contributed by atoms with E-state index in [0.29, 0.717) is 24.3 Å². The molecule has 2 rings (SSSR count). The Morgan fingerprint density at radius 3 is 2.71 bits per heavy atom. The Labute approximate surface area is 104 Å². The van der Waals surface area contributed by atoms with Crippen molar-refractivity contribution < 1.29 is 4.79 Å². The van der Waals surface area contributed by atoms with Gasteiger partial charge in [-0.3, -0.25) is 4.79 Å². The zero-order valence-electron chi connectivity index (χ0n) is 10.7. The highest BCUT2D eigenvalue weighted by molar-refractivity contribution is 5.76. The molecule has 0 aromatic heterocycles. The molecule has 1 aliphatic rings. The predicted molar refractivity (Wildman–Crippen MR) is 69.7 cm³/mol. The van der Waals surface area contributed by atoms with Crippen LogP contribution in [0.4, 0.5) is 0 Å². The third-order valence-corrected chi connectivity index (χ3v) is 3.56. The lowest BCUT2D eigenvalue weighted by atomic mass is 10.0. The molecule has 1 aliphatic heterocycles. The molecule has 0 radical (unpaired) electrons. The number of carbonyl (C=O) groups excluding carboxylic acids is 1. The van der Waals surface area contributed by atoms with Crippen molar-refractivity contribution >= 4 is 5.91 Å². The van der Waals surface area contributed by atoms with Crippen LogP contribution in [0.3, 0.4) is 0 Å². The summed E-state index contributed by atoms with van der Waals surface area (Å²) in [4.78, 5) is 14.0. The Hall–Kier alpha value is -1.31. The van der Waals surface area contributed by atoms with Gasteiger partial charge >= 0.3 is 0 Å². The first-order chi connectivity index (χ1) is 8.20. The molecule has 92 valence electrons. The maximum absolute atomic E-state index is 11.9. The molecule has 0 unspecified atom stereocenters. The summed E-state index contributed by atoms with van der Waals surface area (Å²) in [6.07, 6.45) is 2.76. The smallest absolute Gasteiger partial charge is 0.222 e. The van der Waals surface area contributed by atoms with E-state index in [1.165, 1.54) is 5.56 Å². The van der Waals surface area contributed by atoms with E-state index in [-0.39, 0.29) is 0 Å². The minimum absolute atomic E-state index is 0.301. The zero-order valence-corrected chi connectivity index (χ0v) is 10.7. The molecule has 2 atom stereocenters. The highest BCUT2D eigenvalue weighted by Crippen LogP contribution is 2.26. The van der Waals surface area contributed by atoms with Gasteiger partial charge in [0.15, 0.2) is 0 Å². The maximum atomic E-state index is 11.9. The Bertz CT molecular complexity index is 374. The number of carbonyl (C=O) groups is 1. The molecule has 0 bridgehead atoms. The van der Waals surface area contributed by atoms with Crippen LogP contribution in [0.15, 0.2) is 30.3 Å². The summed E-state index contributed by atoms with van der Waals surface area (Å²) >= 11 is 0. The number of hydrogen-bond acceptors (Lipinski definition) is 1. The van der Waals surface area contributed by atoms with Crippen LogP contribution in [0.5, 0.6) is 0 Å². The standard InChI is InChI=1S/C15H21NO/c1-3-15(17)16-11-12(2)9-14(16)10-13-7-5-4-6-8-13/h4-8,12,14H,3,9-11H2,1-2H3/t12-,14-/m0/s1. The van der Waals surface area contributed by atoms with Crippen molar-refractivity contribution in [1.29, 1.82) is 0 Å². The number of rotatable bonds is 3. The van der Waals surface area contributed by atoms with Gasteiger partial charge in [0.2, 0.25) is 5.91 Å². The van der Waals surface area contributed by atoms with Gasteiger partial charge in [0.1, 0.15) is 0 Å². The summed E-state index contributed by atoms with van der Waals surface area (Å²) in [5.74, 6) is 0.939. The van der Waals surface area contributed by atoms with Crippen molar-refractivity contribution in [1.82, 2.24) is 4.90 Å². The van der Waals surface area contributed by atoms with Crippen LogP contribution in [0, 0.1) is 5.92 Å². The van der Waals surface area contributed by atoms with Gasteiger partial charge in [-0.05, 0) is 24.3 Å². The molecular weight excluding hydrogens is 210 g/mol. The topological polar surface area (TPSA) is 20.3 Å². The Balaban J connectivity index is 2.06. The van der Waals surface area contributed by atoms with E-state index in [4.69, 9.17) is 0 Å². The lowest BCUT2D eigenvalue weighted by molar-refractivity contribution is -0.131. The first kappa shape index (κ1) is 12.2. The molecule has 17 heavy (non-hydrogen) atoms. The minimum Gasteiger partial charge on any atom is -0.339 e. The van der Waals surface area contributed by atoms with Crippen molar-refractivity contribution in [2.75, 3.05) is 6.54 Å². The molecule has 0 spiro atoms. The molecule has 2 heteroatoms. The summed E-state index contributed by atoms with van der Waals surface area (Å²) < 4.78 is 0. The molecular formula is C15H21NO. The molecule has 1 aromatic rings. The van der Waals surface area contributed by atoms with Crippen molar-refractivity contribution in [3.63, 3.8) is 0 Å². The zero-order chi connectivity index (χ0) is 12.3. The van der Waals surface area contributed by atoms with E-state index in [1.807, 2.05) is 13.0 Å². The fourth-order valence-electron chi connectivity index (χ4n) is 2.74. The highest BCUT2D eigenvalue weighted by atomic mass is 16.2. The van der Waals surface area contributed by atoms with Crippen LogP contribution in [-0.4, -0.2) is 23.4 Å². The van der Waals surface area contributed by atoms with Gasteiger partial charge in [0.25, 0.3) is 0 Å².